The number of carbonyl (C=O) groups is 2. The lowest BCUT2D eigenvalue weighted by molar-refractivity contribution is -0.133. The molecule has 5 nitrogen and oxygen atoms in total. The van der Waals surface area contributed by atoms with Gasteiger partial charge in [-0.15, -0.1) is 0 Å². The van der Waals surface area contributed by atoms with Crippen molar-refractivity contribution in [2.75, 3.05) is 13.2 Å². The van der Waals surface area contributed by atoms with E-state index in [1.807, 2.05) is 42.5 Å². The highest BCUT2D eigenvalue weighted by molar-refractivity contribution is 6.08. The predicted molar refractivity (Wildman–Crippen MR) is 97.9 cm³/mol. The SMILES string of the molecule is O=C1NC(C2CC2)(C2CC2)C(=O)N1CCOc1cccc2ccccc12. The van der Waals surface area contributed by atoms with E-state index in [-0.39, 0.29) is 18.5 Å². The molecule has 1 heterocycles. The molecule has 5 heteroatoms. The summed E-state index contributed by atoms with van der Waals surface area (Å²) in [4.78, 5) is 26.9. The summed E-state index contributed by atoms with van der Waals surface area (Å²) in [6.07, 6.45) is 4.18. The van der Waals surface area contributed by atoms with E-state index in [0.717, 1.165) is 42.2 Å². The van der Waals surface area contributed by atoms with Crippen LogP contribution < -0.4 is 10.1 Å². The molecule has 2 saturated carbocycles. The lowest BCUT2D eigenvalue weighted by Crippen LogP contribution is -2.51. The van der Waals surface area contributed by atoms with Gasteiger partial charge in [-0.3, -0.25) is 9.69 Å². The van der Waals surface area contributed by atoms with Crippen molar-refractivity contribution >= 4 is 22.7 Å². The highest BCUT2D eigenvalue weighted by atomic mass is 16.5. The van der Waals surface area contributed by atoms with Gasteiger partial charge >= 0.3 is 6.03 Å². The summed E-state index contributed by atoms with van der Waals surface area (Å²) < 4.78 is 5.92. The second kappa shape index (κ2) is 5.73. The Balaban J connectivity index is 1.29. The molecule has 3 aliphatic rings. The summed E-state index contributed by atoms with van der Waals surface area (Å²) in [6, 6.07) is 13.7. The number of hydrogen-bond donors (Lipinski definition) is 1. The number of nitrogens with zero attached hydrogens (tertiary/aromatic N) is 1. The summed E-state index contributed by atoms with van der Waals surface area (Å²) in [5.74, 6) is 1.41. The van der Waals surface area contributed by atoms with Crippen molar-refractivity contribution in [2.45, 2.75) is 31.2 Å². The number of carbonyl (C=O) groups excluding carboxylic acids is 2. The van der Waals surface area contributed by atoms with Gasteiger partial charge in [0.2, 0.25) is 0 Å². The molecule has 1 saturated heterocycles. The van der Waals surface area contributed by atoms with Gasteiger partial charge in [0.05, 0.1) is 6.54 Å². The lowest BCUT2D eigenvalue weighted by Gasteiger charge is -2.26. The zero-order valence-electron chi connectivity index (χ0n) is 14.6. The Morgan fingerprint density at radius 3 is 2.42 bits per heavy atom. The monoisotopic (exact) mass is 350 g/mol. The number of fused-ring (bicyclic) bond motifs is 1. The van der Waals surface area contributed by atoms with Crippen LogP contribution in [0.3, 0.4) is 0 Å². The standard InChI is InChI=1S/C21H22N2O3/c24-19-21(15-8-9-15,16-10-11-16)22-20(25)23(19)12-13-26-18-7-3-5-14-4-1-2-6-17(14)18/h1-7,15-16H,8-13H2,(H,22,25). The second-order valence-electron chi connectivity index (χ2n) is 7.63. The van der Waals surface area contributed by atoms with Gasteiger partial charge in [-0.25, -0.2) is 4.79 Å². The quantitative estimate of drug-likeness (QED) is 0.813. The number of ether oxygens (including phenoxy) is 1. The Morgan fingerprint density at radius 1 is 1.00 bits per heavy atom. The number of amides is 3. The number of hydrogen-bond acceptors (Lipinski definition) is 3. The molecule has 3 amide bonds. The molecule has 0 aromatic heterocycles. The maximum Gasteiger partial charge on any atom is 0.325 e. The van der Waals surface area contributed by atoms with Crippen LogP contribution in [0.25, 0.3) is 10.8 Å². The topological polar surface area (TPSA) is 58.6 Å². The molecular weight excluding hydrogens is 328 g/mol. The zero-order valence-corrected chi connectivity index (χ0v) is 14.6. The highest BCUT2D eigenvalue weighted by Crippen LogP contribution is 2.54. The summed E-state index contributed by atoms with van der Waals surface area (Å²) in [5.41, 5.74) is -0.615. The molecule has 134 valence electrons. The molecule has 0 unspecified atom stereocenters. The van der Waals surface area contributed by atoms with E-state index in [4.69, 9.17) is 4.74 Å². The Labute approximate surface area is 152 Å². The van der Waals surface area contributed by atoms with Gasteiger partial charge in [-0.2, -0.15) is 0 Å². The number of urea groups is 1. The molecule has 0 spiro atoms. The first-order chi connectivity index (χ1) is 12.7. The first kappa shape index (κ1) is 15.7. The minimum atomic E-state index is -0.615. The molecule has 5 rings (SSSR count). The normalized spacial score (nSPS) is 21.9. The van der Waals surface area contributed by atoms with Crippen LogP contribution in [0.4, 0.5) is 4.79 Å². The van der Waals surface area contributed by atoms with Crippen LogP contribution >= 0.6 is 0 Å². The Bertz CT molecular complexity index is 868. The van der Waals surface area contributed by atoms with E-state index in [1.165, 1.54) is 4.90 Å². The van der Waals surface area contributed by atoms with Gasteiger partial charge in [-0.1, -0.05) is 36.4 Å². The summed E-state index contributed by atoms with van der Waals surface area (Å²) in [6.45, 7) is 0.591. The van der Waals surface area contributed by atoms with Gasteiger partial charge in [0, 0.05) is 5.39 Å². The summed E-state index contributed by atoms with van der Waals surface area (Å²) >= 11 is 0. The maximum absolute atomic E-state index is 13.0. The average Bonchev–Trinajstić information content (AvgIpc) is 3.56. The summed E-state index contributed by atoms with van der Waals surface area (Å²) in [5, 5.41) is 5.20. The van der Waals surface area contributed by atoms with Crippen LogP contribution in [0.1, 0.15) is 25.7 Å². The third kappa shape index (κ3) is 2.37. The Hall–Kier alpha value is -2.56. The van der Waals surface area contributed by atoms with Crippen molar-refractivity contribution in [1.82, 2.24) is 10.2 Å². The fourth-order valence-electron chi connectivity index (χ4n) is 4.35. The second-order valence-corrected chi connectivity index (χ2v) is 7.63. The van der Waals surface area contributed by atoms with Crippen molar-refractivity contribution in [2.24, 2.45) is 11.8 Å². The van der Waals surface area contributed by atoms with Crippen molar-refractivity contribution in [1.29, 1.82) is 0 Å². The first-order valence-electron chi connectivity index (χ1n) is 9.45. The van der Waals surface area contributed by atoms with E-state index in [0.29, 0.717) is 18.4 Å². The Kier molecular flexibility index (Phi) is 3.45. The Morgan fingerprint density at radius 2 is 1.69 bits per heavy atom. The van der Waals surface area contributed by atoms with Crippen LogP contribution in [-0.2, 0) is 4.79 Å². The van der Waals surface area contributed by atoms with Crippen molar-refractivity contribution < 1.29 is 14.3 Å². The molecule has 1 aliphatic heterocycles. The van der Waals surface area contributed by atoms with Crippen LogP contribution in [0.15, 0.2) is 42.5 Å². The smallest absolute Gasteiger partial charge is 0.325 e. The van der Waals surface area contributed by atoms with E-state index in [2.05, 4.69) is 5.32 Å². The van der Waals surface area contributed by atoms with E-state index < -0.39 is 5.54 Å². The zero-order chi connectivity index (χ0) is 17.7. The van der Waals surface area contributed by atoms with E-state index in [1.54, 1.807) is 0 Å². The molecule has 0 bridgehead atoms. The fourth-order valence-corrected chi connectivity index (χ4v) is 4.35. The van der Waals surface area contributed by atoms with Crippen LogP contribution in [0.2, 0.25) is 0 Å². The first-order valence-corrected chi connectivity index (χ1v) is 9.45. The molecule has 1 N–H and O–H groups in total. The van der Waals surface area contributed by atoms with Gasteiger partial charge in [0.15, 0.2) is 0 Å². The largest absolute Gasteiger partial charge is 0.491 e. The molecule has 3 fully saturated rings. The third-order valence-electron chi connectivity index (χ3n) is 5.92. The van der Waals surface area contributed by atoms with Crippen LogP contribution in [0, 0.1) is 11.8 Å². The van der Waals surface area contributed by atoms with Crippen LogP contribution in [0.5, 0.6) is 5.75 Å². The molecule has 26 heavy (non-hydrogen) atoms. The van der Waals surface area contributed by atoms with Crippen LogP contribution in [-0.4, -0.2) is 35.5 Å². The van der Waals surface area contributed by atoms with Crippen molar-refractivity contribution in [3.63, 3.8) is 0 Å². The minimum absolute atomic E-state index is 0.0333. The highest BCUT2D eigenvalue weighted by Gasteiger charge is 2.65. The molecule has 2 aromatic rings. The molecule has 0 radical (unpaired) electrons. The maximum atomic E-state index is 13.0. The van der Waals surface area contributed by atoms with Gasteiger partial charge in [0.25, 0.3) is 5.91 Å². The number of imide groups is 1. The predicted octanol–water partition coefficient (Wildman–Crippen LogP) is 3.33. The lowest BCUT2D eigenvalue weighted by atomic mass is 9.87. The van der Waals surface area contributed by atoms with Crippen molar-refractivity contribution in [3.05, 3.63) is 42.5 Å². The van der Waals surface area contributed by atoms with Gasteiger partial charge < -0.3 is 10.1 Å². The average molecular weight is 350 g/mol. The summed E-state index contributed by atoms with van der Waals surface area (Å²) in [7, 11) is 0. The third-order valence-corrected chi connectivity index (χ3v) is 5.92. The van der Waals surface area contributed by atoms with E-state index in [9.17, 15) is 9.59 Å². The van der Waals surface area contributed by atoms with E-state index >= 15 is 0 Å². The molecule has 2 aliphatic carbocycles. The van der Waals surface area contributed by atoms with Gasteiger partial charge in [-0.05, 0) is 49.0 Å². The van der Waals surface area contributed by atoms with Crippen molar-refractivity contribution in [3.8, 4) is 5.75 Å². The molecule has 2 aromatic carbocycles. The minimum Gasteiger partial charge on any atom is -0.491 e. The molecule has 0 atom stereocenters. The number of nitrogens with one attached hydrogen (secondary N) is 1. The fraction of sp³-hybridized carbons (Fsp3) is 0.429. The molecular formula is C21H22N2O3. The number of rotatable bonds is 6. The number of benzene rings is 2. The van der Waals surface area contributed by atoms with Gasteiger partial charge in [0.1, 0.15) is 17.9 Å².